The molecule has 0 unspecified atom stereocenters. The molecule has 0 radical (unpaired) electrons. The van der Waals surface area contributed by atoms with Crippen LogP contribution in [0, 0.1) is 11.8 Å². The summed E-state index contributed by atoms with van der Waals surface area (Å²) in [4.78, 5) is 10.00. The molecule has 1 rings (SSSR count). The lowest BCUT2D eigenvalue weighted by atomic mass is 10.1. The van der Waals surface area contributed by atoms with Gasteiger partial charge in [-0.05, 0) is 30.2 Å². The quantitative estimate of drug-likeness (QED) is 0.644. The number of hydrogen-bond donors (Lipinski definition) is 0. The number of rotatable bonds is 3. The number of ether oxygens (including phenoxy) is 1. The lowest BCUT2D eigenvalue weighted by Crippen LogP contribution is -1.89. The van der Waals surface area contributed by atoms with Crippen molar-refractivity contribution in [3.05, 3.63) is 34.2 Å². The molecule has 1 aromatic rings. The minimum absolute atomic E-state index is 0.232. The van der Waals surface area contributed by atoms with E-state index in [0.717, 1.165) is 16.9 Å². The van der Waals surface area contributed by atoms with Gasteiger partial charge in [0.05, 0.1) is 7.11 Å². The zero-order valence-corrected chi connectivity index (χ0v) is 7.20. The predicted molar refractivity (Wildman–Crippen MR) is 47.2 cm³/mol. The molecule has 64 valence electrons. The summed E-state index contributed by atoms with van der Waals surface area (Å²) < 4.78 is 5.02. The molecule has 0 saturated heterocycles. The summed E-state index contributed by atoms with van der Waals surface area (Å²) in [5.74, 6) is 0.808. The van der Waals surface area contributed by atoms with E-state index in [0.29, 0.717) is 0 Å². The molecule has 0 spiro atoms. The van der Waals surface area contributed by atoms with Crippen molar-refractivity contribution in [1.82, 2.24) is 0 Å². The van der Waals surface area contributed by atoms with Crippen LogP contribution in [0.2, 0.25) is 0 Å². The molecule has 0 N–H and O–H groups in total. The highest BCUT2D eigenvalue weighted by Gasteiger charge is 1.99. The molecular formula is C9H11NO2. The molecule has 3 nitrogen and oxygen atoms in total. The maximum atomic E-state index is 10.00. The molecule has 0 atom stereocenters. The van der Waals surface area contributed by atoms with E-state index in [2.05, 4.69) is 5.18 Å². The lowest BCUT2D eigenvalue weighted by Gasteiger charge is -2.03. The van der Waals surface area contributed by atoms with Crippen molar-refractivity contribution in [1.29, 1.82) is 0 Å². The molecule has 0 aliphatic carbocycles. The minimum atomic E-state index is 0.232. The highest BCUT2D eigenvalue weighted by molar-refractivity contribution is 5.34. The first-order chi connectivity index (χ1) is 5.77. The van der Waals surface area contributed by atoms with E-state index >= 15 is 0 Å². The Morgan fingerprint density at radius 3 is 2.75 bits per heavy atom. The number of benzene rings is 1. The molecule has 3 heteroatoms. The molecule has 0 heterocycles. The summed E-state index contributed by atoms with van der Waals surface area (Å²) in [6.45, 7) is 2.17. The third kappa shape index (κ3) is 1.81. The van der Waals surface area contributed by atoms with Crippen molar-refractivity contribution in [3.8, 4) is 5.75 Å². The van der Waals surface area contributed by atoms with E-state index < -0.39 is 0 Å². The summed E-state index contributed by atoms with van der Waals surface area (Å²) in [5.41, 5.74) is 1.99. The van der Waals surface area contributed by atoms with Crippen LogP contribution in [0.3, 0.4) is 0 Å². The van der Waals surface area contributed by atoms with Gasteiger partial charge in [-0.25, -0.2) is 0 Å². The maximum Gasteiger partial charge on any atom is 0.119 e. The van der Waals surface area contributed by atoms with Gasteiger partial charge in [0.25, 0.3) is 0 Å². The van der Waals surface area contributed by atoms with Crippen LogP contribution in [0.15, 0.2) is 23.4 Å². The average molecular weight is 165 g/mol. The van der Waals surface area contributed by atoms with Crippen LogP contribution in [0.5, 0.6) is 5.75 Å². The van der Waals surface area contributed by atoms with Gasteiger partial charge in [0.2, 0.25) is 0 Å². The van der Waals surface area contributed by atoms with Crippen molar-refractivity contribution in [2.45, 2.75) is 13.5 Å². The highest BCUT2D eigenvalue weighted by Crippen LogP contribution is 2.17. The Morgan fingerprint density at radius 1 is 1.50 bits per heavy atom. The molecule has 1 aromatic carbocycles. The normalized spacial score (nSPS) is 9.50. The predicted octanol–water partition coefficient (Wildman–Crippen LogP) is 2.27. The summed E-state index contributed by atoms with van der Waals surface area (Å²) in [7, 11) is 1.62. The van der Waals surface area contributed by atoms with E-state index in [1.165, 1.54) is 0 Å². The second kappa shape index (κ2) is 3.85. The Hall–Kier alpha value is -1.38. The van der Waals surface area contributed by atoms with Gasteiger partial charge in [-0.2, -0.15) is 4.91 Å². The van der Waals surface area contributed by atoms with Crippen LogP contribution in [0.1, 0.15) is 11.1 Å². The molecule has 0 amide bonds. The second-order valence-corrected chi connectivity index (χ2v) is 2.58. The van der Waals surface area contributed by atoms with Gasteiger partial charge < -0.3 is 4.74 Å². The first kappa shape index (κ1) is 8.71. The summed E-state index contributed by atoms with van der Waals surface area (Å²) in [5, 5.41) is 2.83. The van der Waals surface area contributed by atoms with Crippen molar-refractivity contribution in [2.24, 2.45) is 5.18 Å². The fourth-order valence-electron chi connectivity index (χ4n) is 1.04. The van der Waals surface area contributed by atoms with Gasteiger partial charge in [0.15, 0.2) is 0 Å². The monoisotopic (exact) mass is 165 g/mol. The van der Waals surface area contributed by atoms with Crippen molar-refractivity contribution in [3.63, 3.8) is 0 Å². The first-order valence-corrected chi connectivity index (χ1v) is 3.70. The molecule has 0 bridgehead atoms. The fraction of sp³-hybridized carbons (Fsp3) is 0.333. The Balaban J connectivity index is 2.94. The Kier molecular flexibility index (Phi) is 2.80. The van der Waals surface area contributed by atoms with Crippen LogP contribution in [-0.2, 0) is 6.54 Å². The van der Waals surface area contributed by atoms with Gasteiger partial charge in [-0.1, -0.05) is 11.2 Å². The highest BCUT2D eigenvalue weighted by atomic mass is 16.5. The molecule has 0 fully saturated rings. The van der Waals surface area contributed by atoms with Gasteiger partial charge in [0, 0.05) is 0 Å². The summed E-state index contributed by atoms with van der Waals surface area (Å²) >= 11 is 0. The molecule has 0 aromatic heterocycles. The van der Waals surface area contributed by atoms with Gasteiger partial charge in [0.1, 0.15) is 12.3 Å². The van der Waals surface area contributed by atoms with Gasteiger partial charge in [-0.3, -0.25) is 0 Å². The van der Waals surface area contributed by atoms with E-state index in [1.807, 2.05) is 25.1 Å². The number of methoxy groups -OCH3 is 1. The van der Waals surface area contributed by atoms with Crippen LogP contribution in [0.25, 0.3) is 0 Å². The van der Waals surface area contributed by atoms with Gasteiger partial charge in [-0.15, -0.1) is 0 Å². The number of aryl methyl sites for hydroxylation is 1. The minimum Gasteiger partial charge on any atom is -0.497 e. The maximum absolute atomic E-state index is 10.00. The second-order valence-electron chi connectivity index (χ2n) is 2.58. The van der Waals surface area contributed by atoms with E-state index in [1.54, 1.807) is 7.11 Å². The fourth-order valence-corrected chi connectivity index (χ4v) is 1.04. The zero-order valence-electron chi connectivity index (χ0n) is 7.20. The average Bonchev–Trinajstić information content (AvgIpc) is 2.09. The van der Waals surface area contributed by atoms with Crippen LogP contribution in [-0.4, -0.2) is 7.11 Å². The Bertz CT molecular complexity index is 284. The Morgan fingerprint density at radius 2 is 2.25 bits per heavy atom. The molecule has 0 saturated carbocycles. The standard InChI is InChI=1S/C9H11NO2/c1-7-5-9(12-2)4-3-8(7)6-10-11/h3-5H,6H2,1-2H3. The number of nitrogens with zero attached hydrogens (tertiary/aromatic N) is 1. The molecule has 0 aliphatic rings. The number of nitroso groups, excluding NO2 is 1. The SMILES string of the molecule is COc1ccc(CN=O)c(C)c1. The largest absolute Gasteiger partial charge is 0.497 e. The summed E-state index contributed by atoms with van der Waals surface area (Å²) in [6.07, 6.45) is 0. The van der Waals surface area contributed by atoms with Crippen LogP contribution in [0.4, 0.5) is 0 Å². The topological polar surface area (TPSA) is 38.7 Å². The van der Waals surface area contributed by atoms with E-state index in [4.69, 9.17) is 4.74 Å². The van der Waals surface area contributed by atoms with E-state index in [9.17, 15) is 4.91 Å². The lowest BCUT2D eigenvalue weighted by molar-refractivity contribution is 0.414. The van der Waals surface area contributed by atoms with Crippen molar-refractivity contribution >= 4 is 0 Å². The first-order valence-electron chi connectivity index (χ1n) is 3.70. The van der Waals surface area contributed by atoms with Gasteiger partial charge >= 0.3 is 0 Å². The molecule has 0 aliphatic heterocycles. The summed E-state index contributed by atoms with van der Waals surface area (Å²) in [6, 6.07) is 5.57. The molecular weight excluding hydrogens is 154 g/mol. The smallest absolute Gasteiger partial charge is 0.119 e. The third-order valence-electron chi connectivity index (χ3n) is 1.78. The van der Waals surface area contributed by atoms with Crippen LogP contribution >= 0.6 is 0 Å². The zero-order chi connectivity index (χ0) is 8.97. The third-order valence-corrected chi connectivity index (χ3v) is 1.78. The Labute approximate surface area is 71.3 Å². The van der Waals surface area contributed by atoms with E-state index in [-0.39, 0.29) is 6.54 Å². The molecule has 12 heavy (non-hydrogen) atoms. The van der Waals surface area contributed by atoms with Crippen LogP contribution < -0.4 is 4.74 Å². The number of hydrogen-bond acceptors (Lipinski definition) is 3. The van der Waals surface area contributed by atoms with Crippen molar-refractivity contribution in [2.75, 3.05) is 7.11 Å². The van der Waals surface area contributed by atoms with Crippen molar-refractivity contribution < 1.29 is 4.74 Å².